The lowest BCUT2D eigenvalue weighted by Gasteiger charge is -2.17. The zero-order chi connectivity index (χ0) is 13.0. The lowest BCUT2D eigenvalue weighted by molar-refractivity contribution is -0.143. The normalized spacial score (nSPS) is 12.1. The fraction of sp³-hybridized carbons (Fsp3) is 0.250. The van der Waals surface area contributed by atoms with Crippen LogP contribution in [0.15, 0.2) is 36.7 Å². The minimum atomic E-state index is -0.611. The van der Waals surface area contributed by atoms with Crippen molar-refractivity contribution in [1.29, 1.82) is 0 Å². The van der Waals surface area contributed by atoms with Gasteiger partial charge in [0.05, 0.1) is 13.0 Å². The van der Waals surface area contributed by atoms with Crippen LogP contribution in [0.4, 0.5) is 0 Å². The average Bonchev–Trinajstić information content (AvgIpc) is 2.88. The number of carbonyl (C=O) groups excluding carboxylic acids is 1. The molecule has 1 heterocycles. The topological polar surface area (TPSA) is 57.0 Å². The molecule has 0 saturated carbocycles. The zero-order valence-electron chi connectivity index (χ0n) is 9.78. The van der Waals surface area contributed by atoms with Crippen LogP contribution in [0.25, 0.3) is 0 Å². The standard InChI is InChI=1S/C12H12ClN3O2/c1-18-12(17)11(9-5-3-2-4-6-9)16-8-14-15-10(16)7-13/h2-6,8,11H,7H2,1H3. The Balaban J connectivity index is 2.47. The Labute approximate surface area is 109 Å². The van der Waals surface area contributed by atoms with Gasteiger partial charge in [-0.1, -0.05) is 30.3 Å². The fourth-order valence-electron chi connectivity index (χ4n) is 1.74. The average molecular weight is 266 g/mol. The lowest BCUT2D eigenvalue weighted by Crippen LogP contribution is -2.23. The lowest BCUT2D eigenvalue weighted by atomic mass is 10.1. The number of ether oxygens (including phenoxy) is 1. The van der Waals surface area contributed by atoms with E-state index < -0.39 is 6.04 Å². The van der Waals surface area contributed by atoms with Crippen LogP contribution < -0.4 is 0 Å². The van der Waals surface area contributed by atoms with E-state index in [0.29, 0.717) is 5.82 Å². The van der Waals surface area contributed by atoms with Crippen molar-refractivity contribution >= 4 is 17.6 Å². The first kappa shape index (κ1) is 12.6. The molecule has 2 aromatic rings. The van der Waals surface area contributed by atoms with Gasteiger partial charge in [0.25, 0.3) is 0 Å². The van der Waals surface area contributed by atoms with Crippen LogP contribution in [0.3, 0.4) is 0 Å². The summed E-state index contributed by atoms with van der Waals surface area (Å²) in [5.74, 6) is 0.323. The van der Waals surface area contributed by atoms with Gasteiger partial charge in [0.2, 0.25) is 0 Å². The maximum atomic E-state index is 11.9. The molecule has 0 aliphatic rings. The van der Waals surface area contributed by atoms with E-state index in [1.165, 1.54) is 13.4 Å². The van der Waals surface area contributed by atoms with Gasteiger partial charge in [-0.3, -0.25) is 4.57 Å². The van der Waals surface area contributed by atoms with Gasteiger partial charge in [-0.15, -0.1) is 21.8 Å². The third-order valence-electron chi connectivity index (χ3n) is 2.58. The molecule has 1 atom stereocenters. The highest BCUT2D eigenvalue weighted by Crippen LogP contribution is 2.21. The van der Waals surface area contributed by atoms with Crippen LogP contribution in [0, 0.1) is 0 Å². The van der Waals surface area contributed by atoms with Crippen molar-refractivity contribution in [2.45, 2.75) is 11.9 Å². The summed E-state index contributed by atoms with van der Waals surface area (Å²) in [5.41, 5.74) is 0.801. The van der Waals surface area contributed by atoms with Crippen molar-refractivity contribution in [2.75, 3.05) is 7.11 Å². The molecule has 0 fully saturated rings. The Bertz CT molecular complexity index is 527. The highest BCUT2D eigenvalue weighted by Gasteiger charge is 2.25. The molecule has 1 aromatic heterocycles. The Morgan fingerprint density at radius 2 is 2.17 bits per heavy atom. The number of nitrogens with zero attached hydrogens (tertiary/aromatic N) is 3. The second-order valence-electron chi connectivity index (χ2n) is 3.62. The smallest absolute Gasteiger partial charge is 0.333 e. The van der Waals surface area contributed by atoms with Crippen LogP contribution in [-0.2, 0) is 15.4 Å². The molecule has 18 heavy (non-hydrogen) atoms. The van der Waals surface area contributed by atoms with E-state index in [2.05, 4.69) is 10.2 Å². The maximum absolute atomic E-state index is 11.9. The largest absolute Gasteiger partial charge is 0.467 e. The number of esters is 1. The van der Waals surface area contributed by atoms with Crippen molar-refractivity contribution < 1.29 is 9.53 Å². The van der Waals surface area contributed by atoms with Crippen LogP contribution in [-0.4, -0.2) is 27.8 Å². The van der Waals surface area contributed by atoms with Gasteiger partial charge in [0.1, 0.15) is 12.2 Å². The Morgan fingerprint density at radius 3 is 2.78 bits per heavy atom. The van der Waals surface area contributed by atoms with Crippen molar-refractivity contribution in [2.24, 2.45) is 0 Å². The van der Waals surface area contributed by atoms with E-state index >= 15 is 0 Å². The molecular formula is C12H12ClN3O2. The van der Waals surface area contributed by atoms with Gasteiger partial charge in [0.15, 0.2) is 6.04 Å². The van der Waals surface area contributed by atoms with E-state index in [1.807, 2.05) is 30.3 Å². The second-order valence-corrected chi connectivity index (χ2v) is 3.89. The van der Waals surface area contributed by atoms with E-state index in [1.54, 1.807) is 4.57 Å². The van der Waals surface area contributed by atoms with Gasteiger partial charge < -0.3 is 4.74 Å². The van der Waals surface area contributed by atoms with E-state index in [9.17, 15) is 4.79 Å². The molecule has 0 spiro atoms. The predicted molar refractivity (Wildman–Crippen MR) is 66.2 cm³/mol. The molecule has 0 radical (unpaired) electrons. The van der Waals surface area contributed by atoms with Crippen molar-refractivity contribution in [3.05, 3.63) is 48.0 Å². The number of carbonyl (C=O) groups is 1. The fourth-order valence-corrected chi connectivity index (χ4v) is 1.93. The highest BCUT2D eigenvalue weighted by molar-refractivity contribution is 6.16. The molecule has 1 aromatic carbocycles. The van der Waals surface area contributed by atoms with Crippen LogP contribution in [0.5, 0.6) is 0 Å². The minimum absolute atomic E-state index is 0.181. The number of aromatic nitrogens is 3. The molecule has 0 N–H and O–H groups in total. The summed E-state index contributed by atoms with van der Waals surface area (Å²) in [4.78, 5) is 11.9. The molecule has 0 bridgehead atoms. The first-order chi connectivity index (χ1) is 8.77. The van der Waals surface area contributed by atoms with Gasteiger partial charge in [0, 0.05) is 0 Å². The number of hydrogen-bond acceptors (Lipinski definition) is 4. The highest BCUT2D eigenvalue weighted by atomic mass is 35.5. The first-order valence-corrected chi connectivity index (χ1v) is 5.88. The van der Waals surface area contributed by atoms with Gasteiger partial charge in [-0.25, -0.2) is 4.79 Å². The molecule has 0 aliphatic carbocycles. The summed E-state index contributed by atoms with van der Waals surface area (Å²) >= 11 is 5.78. The van der Waals surface area contributed by atoms with Crippen molar-refractivity contribution in [3.8, 4) is 0 Å². The third kappa shape index (κ3) is 2.36. The summed E-state index contributed by atoms with van der Waals surface area (Å²) in [6.45, 7) is 0. The van der Waals surface area contributed by atoms with Gasteiger partial charge in [-0.05, 0) is 5.56 Å². The molecule has 94 valence electrons. The quantitative estimate of drug-likeness (QED) is 0.625. The molecule has 6 heteroatoms. The number of alkyl halides is 1. The molecule has 0 aliphatic heterocycles. The van der Waals surface area contributed by atoms with Crippen LogP contribution in [0.1, 0.15) is 17.4 Å². The zero-order valence-corrected chi connectivity index (χ0v) is 10.5. The second kappa shape index (κ2) is 5.64. The first-order valence-electron chi connectivity index (χ1n) is 5.35. The van der Waals surface area contributed by atoms with E-state index in [4.69, 9.17) is 16.3 Å². The Morgan fingerprint density at radius 1 is 1.44 bits per heavy atom. The molecule has 0 saturated heterocycles. The van der Waals surface area contributed by atoms with E-state index in [-0.39, 0.29) is 11.8 Å². The number of benzene rings is 1. The van der Waals surface area contributed by atoms with Crippen molar-refractivity contribution in [3.63, 3.8) is 0 Å². The number of halogens is 1. The number of hydrogen-bond donors (Lipinski definition) is 0. The van der Waals surface area contributed by atoms with Crippen molar-refractivity contribution in [1.82, 2.24) is 14.8 Å². The Hall–Kier alpha value is -1.88. The predicted octanol–water partition coefficient (Wildman–Crippen LogP) is 1.78. The Kier molecular flexibility index (Phi) is 3.94. The molecule has 5 nitrogen and oxygen atoms in total. The van der Waals surface area contributed by atoms with Crippen LogP contribution in [0.2, 0.25) is 0 Å². The summed E-state index contributed by atoms with van der Waals surface area (Å²) in [6, 6.07) is 8.68. The maximum Gasteiger partial charge on any atom is 0.333 e. The SMILES string of the molecule is COC(=O)C(c1ccccc1)n1cnnc1CCl. The summed E-state index contributed by atoms with van der Waals surface area (Å²) < 4.78 is 6.45. The summed E-state index contributed by atoms with van der Waals surface area (Å²) in [5, 5.41) is 7.65. The number of methoxy groups -OCH3 is 1. The van der Waals surface area contributed by atoms with Crippen LogP contribution >= 0.6 is 11.6 Å². The molecule has 2 rings (SSSR count). The molecule has 0 amide bonds. The number of rotatable bonds is 4. The summed E-state index contributed by atoms with van der Waals surface area (Å²) in [6.07, 6.45) is 1.48. The van der Waals surface area contributed by atoms with Gasteiger partial charge >= 0.3 is 5.97 Å². The third-order valence-corrected chi connectivity index (χ3v) is 2.82. The molecular weight excluding hydrogens is 254 g/mol. The molecule has 1 unspecified atom stereocenters. The van der Waals surface area contributed by atoms with Gasteiger partial charge in [-0.2, -0.15) is 0 Å². The minimum Gasteiger partial charge on any atom is -0.467 e. The summed E-state index contributed by atoms with van der Waals surface area (Å²) in [7, 11) is 1.35. The van der Waals surface area contributed by atoms with E-state index in [0.717, 1.165) is 5.56 Å². The monoisotopic (exact) mass is 265 g/mol.